The quantitative estimate of drug-likeness (QED) is 0.853. The summed E-state index contributed by atoms with van der Waals surface area (Å²) >= 11 is 0. The molecule has 0 radical (unpaired) electrons. The van der Waals surface area contributed by atoms with E-state index in [9.17, 15) is 9.59 Å². The molecule has 0 bridgehead atoms. The van der Waals surface area contributed by atoms with E-state index < -0.39 is 11.0 Å². The van der Waals surface area contributed by atoms with Crippen molar-refractivity contribution in [1.82, 2.24) is 14.9 Å². The molecule has 0 saturated heterocycles. The summed E-state index contributed by atoms with van der Waals surface area (Å²) in [5, 5.41) is 2.73. The summed E-state index contributed by atoms with van der Waals surface area (Å²) in [4.78, 5) is 34.4. The van der Waals surface area contributed by atoms with E-state index in [-0.39, 0.29) is 12.0 Å². The monoisotopic (exact) mass is 334 g/mol. The number of amides is 2. The van der Waals surface area contributed by atoms with Gasteiger partial charge in [-0.3, -0.25) is 10.1 Å². The van der Waals surface area contributed by atoms with Gasteiger partial charge in [0.15, 0.2) is 0 Å². The summed E-state index contributed by atoms with van der Waals surface area (Å²) in [6.07, 6.45) is 1.94. The zero-order chi connectivity index (χ0) is 18.1. The Labute approximate surface area is 142 Å². The van der Waals surface area contributed by atoms with Crippen molar-refractivity contribution in [1.29, 1.82) is 0 Å². The van der Waals surface area contributed by atoms with Crippen LogP contribution in [-0.2, 0) is 22.5 Å². The van der Waals surface area contributed by atoms with Gasteiger partial charge in [0.25, 0.3) is 0 Å². The molecule has 2 heterocycles. The Morgan fingerprint density at radius 1 is 1.21 bits per heavy atom. The molecule has 1 N–H and O–H groups in total. The number of nitrogens with one attached hydrogen (secondary N) is 1. The van der Waals surface area contributed by atoms with Gasteiger partial charge in [0.05, 0.1) is 12.2 Å². The first-order valence-electron chi connectivity index (χ1n) is 8.10. The third kappa shape index (κ3) is 4.66. The van der Waals surface area contributed by atoms with Crippen LogP contribution in [0.5, 0.6) is 0 Å². The van der Waals surface area contributed by atoms with Crippen LogP contribution in [0.3, 0.4) is 0 Å². The number of aromatic nitrogens is 2. The van der Waals surface area contributed by atoms with Crippen LogP contribution in [-0.4, -0.2) is 39.0 Å². The maximum Gasteiger partial charge on any atom is 0.410 e. The minimum atomic E-state index is -0.519. The summed E-state index contributed by atoms with van der Waals surface area (Å²) in [6, 6.07) is 0. The van der Waals surface area contributed by atoms with Crippen LogP contribution in [0.15, 0.2) is 6.20 Å². The lowest BCUT2D eigenvalue weighted by atomic mass is 9.96. The van der Waals surface area contributed by atoms with Gasteiger partial charge in [-0.1, -0.05) is 20.8 Å². The maximum atomic E-state index is 12.2. The zero-order valence-corrected chi connectivity index (χ0v) is 15.3. The fourth-order valence-corrected chi connectivity index (χ4v) is 2.15. The molecule has 132 valence electrons. The molecule has 24 heavy (non-hydrogen) atoms. The Morgan fingerprint density at radius 2 is 1.88 bits per heavy atom. The van der Waals surface area contributed by atoms with Gasteiger partial charge in [-0.25, -0.2) is 14.8 Å². The Balaban J connectivity index is 2.07. The van der Waals surface area contributed by atoms with E-state index in [2.05, 4.69) is 15.3 Å². The lowest BCUT2D eigenvalue weighted by Gasteiger charge is -2.30. The lowest BCUT2D eigenvalue weighted by Crippen LogP contribution is -2.40. The highest BCUT2D eigenvalue weighted by Gasteiger charge is 2.27. The molecule has 0 atom stereocenters. The first kappa shape index (κ1) is 18.2. The van der Waals surface area contributed by atoms with Gasteiger partial charge >= 0.3 is 6.09 Å². The molecule has 1 aliphatic heterocycles. The summed E-state index contributed by atoms with van der Waals surface area (Å²) in [5.41, 5.74) is 0.705. The predicted octanol–water partition coefficient (Wildman–Crippen LogP) is 2.75. The number of carbonyl (C=O) groups is 2. The van der Waals surface area contributed by atoms with E-state index in [4.69, 9.17) is 4.74 Å². The van der Waals surface area contributed by atoms with Crippen molar-refractivity contribution < 1.29 is 14.3 Å². The second-order valence-electron chi connectivity index (χ2n) is 8.02. The number of anilines is 1. The van der Waals surface area contributed by atoms with Crippen LogP contribution in [0.25, 0.3) is 0 Å². The molecule has 0 aromatic carbocycles. The first-order valence-corrected chi connectivity index (χ1v) is 8.10. The van der Waals surface area contributed by atoms with Gasteiger partial charge in [0.1, 0.15) is 5.60 Å². The number of hydrogen-bond acceptors (Lipinski definition) is 5. The van der Waals surface area contributed by atoms with Crippen LogP contribution < -0.4 is 5.32 Å². The molecule has 1 aromatic rings. The van der Waals surface area contributed by atoms with E-state index >= 15 is 0 Å². The second-order valence-corrected chi connectivity index (χ2v) is 8.02. The average molecular weight is 334 g/mol. The molecule has 7 heteroatoms. The highest BCUT2D eigenvalue weighted by Crippen LogP contribution is 2.21. The van der Waals surface area contributed by atoms with E-state index in [0.29, 0.717) is 25.5 Å². The smallest absolute Gasteiger partial charge is 0.410 e. The molecule has 0 unspecified atom stereocenters. The number of ether oxygens (including phenoxy) is 1. The Hall–Kier alpha value is -2.18. The Kier molecular flexibility index (Phi) is 4.82. The molecular weight excluding hydrogens is 308 g/mol. The highest BCUT2D eigenvalue weighted by molar-refractivity contribution is 5.93. The van der Waals surface area contributed by atoms with Gasteiger partial charge in [0, 0.05) is 30.1 Å². The number of rotatable bonds is 1. The van der Waals surface area contributed by atoms with Crippen LogP contribution in [0.1, 0.15) is 52.8 Å². The molecule has 0 saturated carbocycles. The zero-order valence-electron chi connectivity index (χ0n) is 15.3. The minimum Gasteiger partial charge on any atom is -0.444 e. The Bertz CT molecular complexity index is 644. The van der Waals surface area contributed by atoms with Crippen LogP contribution in [0, 0.1) is 5.41 Å². The molecule has 1 aliphatic rings. The molecular formula is C17H26N4O3. The van der Waals surface area contributed by atoms with E-state index in [0.717, 1.165) is 11.3 Å². The molecule has 0 aliphatic carbocycles. The van der Waals surface area contributed by atoms with Crippen LogP contribution in [0.4, 0.5) is 10.7 Å². The molecule has 0 fully saturated rings. The molecule has 0 spiro atoms. The normalized spacial score (nSPS) is 14.8. The van der Waals surface area contributed by atoms with Crippen molar-refractivity contribution >= 4 is 17.9 Å². The number of fused-ring (bicyclic) bond motifs is 1. The van der Waals surface area contributed by atoms with Crippen molar-refractivity contribution in [2.75, 3.05) is 11.9 Å². The van der Waals surface area contributed by atoms with Crippen LogP contribution >= 0.6 is 0 Å². The topological polar surface area (TPSA) is 84.4 Å². The summed E-state index contributed by atoms with van der Waals surface area (Å²) in [7, 11) is 0. The van der Waals surface area contributed by atoms with Gasteiger partial charge in [-0.2, -0.15) is 0 Å². The largest absolute Gasteiger partial charge is 0.444 e. The Morgan fingerprint density at radius 3 is 2.46 bits per heavy atom. The molecule has 2 rings (SSSR count). The maximum absolute atomic E-state index is 12.2. The summed E-state index contributed by atoms with van der Waals surface area (Å²) in [6.45, 7) is 12.0. The van der Waals surface area contributed by atoms with E-state index in [1.807, 2.05) is 41.5 Å². The van der Waals surface area contributed by atoms with Gasteiger partial charge in [0.2, 0.25) is 11.9 Å². The van der Waals surface area contributed by atoms with Crippen LogP contribution in [0.2, 0.25) is 0 Å². The number of hydrogen-bond donors (Lipinski definition) is 1. The van der Waals surface area contributed by atoms with E-state index in [1.54, 1.807) is 11.1 Å². The van der Waals surface area contributed by atoms with Crippen molar-refractivity contribution in [3.05, 3.63) is 17.5 Å². The summed E-state index contributed by atoms with van der Waals surface area (Å²) < 4.78 is 5.40. The lowest BCUT2D eigenvalue weighted by molar-refractivity contribution is -0.123. The van der Waals surface area contributed by atoms with Crippen molar-refractivity contribution in [2.45, 2.75) is 60.1 Å². The minimum absolute atomic E-state index is 0.131. The van der Waals surface area contributed by atoms with Gasteiger partial charge in [-0.05, 0) is 20.8 Å². The standard InChI is InChI=1S/C17H26N4O3/c1-16(2,3)13(22)20-14-18-9-11-10-21(8-7-12(11)19-14)15(23)24-17(4,5)6/h9H,7-8,10H2,1-6H3,(H,18,19,20,22). The number of carbonyl (C=O) groups excluding carboxylic acids is 2. The molecule has 7 nitrogen and oxygen atoms in total. The van der Waals surface area contributed by atoms with Crippen molar-refractivity contribution in [3.8, 4) is 0 Å². The van der Waals surface area contributed by atoms with E-state index in [1.165, 1.54) is 0 Å². The average Bonchev–Trinajstić information content (AvgIpc) is 2.43. The third-order valence-electron chi connectivity index (χ3n) is 3.49. The third-order valence-corrected chi connectivity index (χ3v) is 3.49. The first-order chi connectivity index (χ1) is 11.0. The van der Waals surface area contributed by atoms with Crippen molar-refractivity contribution in [2.24, 2.45) is 5.41 Å². The molecule has 1 aromatic heterocycles. The fraction of sp³-hybridized carbons (Fsp3) is 0.647. The van der Waals surface area contributed by atoms with Gasteiger partial charge in [-0.15, -0.1) is 0 Å². The number of nitrogens with zero attached hydrogens (tertiary/aromatic N) is 3. The molecule has 2 amide bonds. The predicted molar refractivity (Wildman–Crippen MR) is 90.5 cm³/mol. The highest BCUT2D eigenvalue weighted by atomic mass is 16.6. The second kappa shape index (κ2) is 6.37. The summed E-state index contributed by atoms with van der Waals surface area (Å²) in [5.74, 6) is 0.174. The van der Waals surface area contributed by atoms with Gasteiger partial charge < -0.3 is 9.64 Å². The SMILES string of the molecule is CC(C)(C)OC(=O)N1CCc2nc(NC(=O)C(C)(C)C)ncc2C1. The fourth-order valence-electron chi connectivity index (χ4n) is 2.15. The van der Waals surface area contributed by atoms with Crippen molar-refractivity contribution in [3.63, 3.8) is 0 Å².